The summed E-state index contributed by atoms with van der Waals surface area (Å²) in [6.07, 6.45) is 0. The van der Waals surface area contributed by atoms with Crippen LogP contribution in [0.3, 0.4) is 0 Å². The van der Waals surface area contributed by atoms with Crippen molar-refractivity contribution in [2.45, 2.75) is 20.4 Å². The highest BCUT2D eigenvalue weighted by Crippen LogP contribution is 2.15. The Morgan fingerprint density at radius 1 is 1.14 bits per heavy atom. The molecule has 6 nitrogen and oxygen atoms in total. The summed E-state index contributed by atoms with van der Waals surface area (Å²) in [6, 6.07) is 14.3. The first kappa shape index (κ1) is 23.4. The Kier molecular flexibility index (Phi) is 9.69. The van der Waals surface area contributed by atoms with E-state index >= 15 is 0 Å². The minimum absolute atomic E-state index is 0. The number of ether oxygens (including phenoxy) is 2. The van der Waals surface area contributed by atoms with Gasteiger partial charge in [0.15, 0.2) is 5.96 Å². The van der Waals surface area contributed by atoms with E-state index in [0.717, 1.165) is 49.8 Å². The fraction of sp³-hybridized carbons (Fsp3) is 0.409. The molecular weight excluding hydrogens is 479 g/mol. The summed E-state index contributed by atoms with van der Waals surface area (Å²) in [4.78, 5) is 6.81. The van der Waals surface area contributed by atoms with E-state index in [1.807, 2.05) is 24.3 Å². The van der Waals surface area contributed by atoms with Gasteiger partial charge in [-0.05, 0) is 54.8 Å². The molecule has 1 fully saturated rings. The van der Waals surface area contributed by atoms with Gasteiger partial charge >= 0.3 is 0 Å². The van der Waals surface area contributed by atoms with E-state index in [1.165, 1.54) is 11.1 Å². The highest BCUT2D eigenvalue weighted by atomic mass is 127. The van der Waals surface area contributed by atoms with E-state index in [2.05, 4.69) is 47.3 Å². The molecule has 3 N–H and O–H groups in total. The lowest BCUT2D eigenvalue weighted by Gasteiger charge is -2.26. The summed E-state index contributed by atoms with van der Waals surface area (Å²) in [5.74, 6) is 1.27. The third-order valence-electron chi connectivity index (χ3n) is 4.60. The molecular formula is C22H31IN4O2. The van der Waals surface area contributed by atoms with Crippen molar-refractivity contribution in [3.05, 3.63) is 59.2 Å². The van der Waals surface area contributed by atoms with Crippen molar-refractivity contribution >= 4 is 35.6 Å². The Morgan fingerprint density at radius 3 is 2.59 bits per heavy atom. The van der Waals surface area contributed by atoms with Crippen LogP contribution in [0.5, 0.6) is 5.75 Å². The van der Waals surface area contributed by atoms with Crippen molar-refractivity contribution in [1.82, 2.24) is 4.90 Å². The summed E-state index contributed by atoms with van der Waals surface area (Å²) < 4.78 is 11.3. The van der Waals surface area contributed by atoms with Crippen LogP contribution in [0.15, 0.2) is 47.5 Å². The summed E-state index contributed by atoms with van der Waals surface area (Å²) in [5, 5.41) is 3.16. The summed E-state index contributed by atoms with van der Waals surface area (Å²) in [6.45, 7) is 9.80. The lowest BCUT2D eigenvalue weighted by Crippen LogP contribution is -2.38. The fourth-order valence-corrected chi connectivity index (χ4v) is 3.26. The van der Waals surface area contributed by atoms with Crippen molar-refractivity contribution < 1.29 is 9.47 Å². The summed E-state index contributed by atoms with van der Waals surface area (Å²) in [7, 11) is 0. The van der Waals surface area contributed by atoms with E-state index in [-0.39, 0.29) is 24.0 Å². The molecule has 0 bridgehead atoms. The first-order valence-corrected chi connectivity index (χ1v) is 9.75. The molecule has 0 atom stereocenters. The number of hydrogen-bond donors (Lipinski definition) is 2. The molecule has 0 amide bonds. The average Bonchev–Trinajstić information content (AvgIpc) is 2.67. The monoisotopic (exact) mass is 510 g/mol. The number of guanidine groups is 1. The molecule has 1 heterocycles. The van der Waals surface area contributed by atoms with Crippen molar-refractivity contribution in [2.24, 2.45) is 10.7 Å². The first-order valence-electron chi connectivity index (χ1n) is 9.75. The molecule has 0 unspecified atom stereocenters. The molecule has 2 aromatic rings. The van der Waals surface area contributed by atoms with Gasteiger partial charge < -0.3 is 20.5 Å². The molecule has 0 radical (unpaired) electrons. The van der Waals surface area contributed by atoms with Gasteiger partial charge in [0.05, 0.1) is 19.8 Å². The predicted octanol–water partition coefficient (Wildman–Crippen LogP) is 3.56. The van der Waals surface area contributed by atoms with Gasteiger partial charge in [0, 0.05) is 25.3 Å². The number of nitrogens with two attached hydrogens (primary N) is 1. The Hall–Kier alpha value is -1.84. The van der Waals surface area contributed by atoms with Gasteiger partial charge in [-0.25, -0.2) is 4.99 Å². The van der Waals surface area contributed by atoms with E-state index < -0.39 is 0 Å². The van der Waals surface area contributed by atoms with Crippen LogP contribution < -0.4 is 15.8 Å². The largest absolute Gasteiger partial charge is 0.492 e. The molecule has 1 aliphatic rings. The normalized spacial score (nSPS) is 14.9. The predicted molar refractivity (Wildman–Crippen MR) is 129 cm³/mol. The van der Waals surface area contributed by atoms with Crippen molar-refractivity contribution in [3.63, 3.8) is 0 Å². The SMILES string of the molecule is Cc1cc(C)cc(NC(N)=NCc2cccc(OCCN3CCOCC3)c2)c1.I. The average molecular weight is 510 g/mol. The highest BCUT2D eigenvalue weighted by Gasteiger charge is 2.09. The standard InChI is InChI=1S/C22H30N4O2.HI/c1-17-12-18(2)14-20(13-17)25-22(23)24-16-19-4-3-5-21(15-19)28-11-8-26-6-9-27-10-7-26;/h3-5,12-15H,6-11,16H2,1-2H3,(H3,23,24,25);1H. The molecule has 29 heavy (non-hydrogen) atoms. The number of aryl methyl sites for hydroxylation is 2. The van der Waals surface area contributed by atoms with E-state index in [0.29, 0.717) is 19.1 Å². The third-order valence-corrected chi connectivity index (χ3v) is 4.60. The van der Waals surface area contributed by atoms with Crippen molar-refractivity contribution in [1.29, 1.82) is 0 Å². The minimum atomic E-state index is 0. The molecule has 3 rings (SSSR count). The molecule has 7 heteroatoms. The van der Waals surface area contributed by atoms with Crippen LogP contribution >= 0.6 is 24.0 Å². The summed E-state index contributed by atoms with van der Waals surface area (Å²) >= 11 is 0. The van der Waals surface area contributed by atoms with Gasteiger partial charge in [0.2, 0.25) is 0 Å². The first-order chi connectivity index (χ1) is 13.6. The number of nitrogens with one attached hydrogen (secondary N) is 1. The molecule has 0 saturated carbocycles. The molecule has 2 aromatic carbocycles. The van der Waals surface area contributed by atoms with Crippen LogP contribution in [0.25, 0.3) is 0 Å². The maximum absolute atomic E-state index is 6.05. The number of halogens is 1. The number of nitrogens with zero attached hydrogens (tertiary/aromatic N) is 2. The molecule has 0 aliphatic carbocycles. The molecule has 158 valence electrons. The molecule has 1 saturated heterocycles. The van der Waals surface area contributed by atoms with Gasteiger partial charge in [-0.1, -0.05) is 18.2 Å². The van der Waals surface area contributed by atoms with Gasteiger partial charge in [0.1, 0.15) is 12.4 Å². The maximum Gasteiger partial charge on any atom is 0.193 e. The van der Waals surface area contributed by atoms with E-state index in [9.17, 15) is 0 Å². The number of aliphatic imine (C=N–C) groups is 1. The smallest absolute Gasteiger partial charge is 0.193 e. The zero-order valence-corrected chi connectivity index (χ0v) is 19.5. The molecule has 0 aromatic heterocycles. The lowest BCUT2D eigenvalue weighted by molar-refractivity contribution is 0.0322. The Bertz CT molecular complexity index is 787. The number of benzene rings is 2. The van der Waals surface area contributed by atoms with Crippen LogP contribution in [0.4, 0.5) is 5.69 Å². The van der Waals surface area contributed by atoms with Crippen molar-refractivity contribution in [2.75, 3.05) is 44.8 Å². The third kappa shape index (κ3) is 8.20. The van der Waals surface area contributed by atoms with E-state index in [4.69, 9.17) is 15.2 Å². The van der Waals surface area contributed by atoms with Crippen LogP contribution in [-0.2, 0) is 11.3 Å². The van der Waals surface area contributed by atoms with Gasteiger partial charge in [-0.2, -0.15) is 0 Å². The Balaban J connectivity index is 0.00000300. The second kappa shape index (κ2) is 12.0. The number of rotatable bonds is 7. The lowest BCUT2D eigenvalue weighted by atomic mass is 10.1. The maximum atomic E-state index is 6.05. The zero-order valence-electron chi connectivity index (χ0n) is 17.2. The zero-order chi connectivity index (χ0) is 19.8. The topological polar surface area (TPSA) is 72.1 Å². The van der Waals surface area contributed by atoms with Crippen LogP contribution in [0.2, 0.25) is 0 Å². The van der Waals surface area contributed by atoms with Crippen molar-refractivity contribution in [3.8, 4) is 5.75 Å². The van der Waals surface area contributed by atoms with Crippen LogP contribution in [-0.4, -0.2) is 50.3 Å². The number of morpholine rings is 1. The Labute approximate surface area is 190 Å². The number of hydrogen-bond acceptors (Lipinski definition) is 4. The van der Waals surface area contributed by atoms with Gasteiger partial charge in [-0.3, -0.25) is 4.90 Å². The molecule has 0 spiro atoms. The highest BCUT2D eigenvalue weighted by molar-refractivity contribution is 14.0. The van der Waals surface area contributed by atoms with Crippen LogP contribution in [0.1, 0.15) is 16.7 Å². The number of anilines is 1. The molecule has 1 aliphatic heterocycles. The second-order valence-electron chi connectivity index (χ2n) is 7.15. The Morgan fingerprint density at radius 2 is 1.86 bits per heavy atom. The van der Waals surface area contributed by atoms with Gasteiger partial charge in [0.25, 0.3) is 0 Å². The minimum Gasteiger partial charge on any atom is -0.492 e. The van der Waals surface area contributed by atoms with Crippen LogP contribution in [0, 0.1) is 13.8 Å². The van der Waals surface area contributed by atoms with Gasteiger partial charge in [-0.15, -0.1) is 24.0 Å². The van der Waals surface area contributed by atoms with E-state index in [1.54, 1.807) is 0 Å². The quantitative estimate of drug-likeness (QED) is 0.339. The summed E-state index contributed by atoms with van der Waals surface area (Å²) in [5.41, 5.74) is 10.5. The second-order valence-corrected chi connectivity index (χ2v) is 7.15. The fourth-order valence-electron chi connectivity index (χ4n) is 3.26.